The zero-order chi connectivity index (χ0) is 26.5. The van der Waals surface area contributed by atoms with Gasteiger partial charge in [0.25, 0.3) is 0 Å². The normalized spacial score (nSPS) is 18.1. The fourth-order valence-electron chi connectivity index (χ4n) is 6.00. The molecule has 0 saturated heterocycles. The Bertz CT molecular complexity index is 1370. The lowest BCUT2D eigenvalue weighted by atomic mass is 9.84. The predicted molar refractivity (Wildman–Crippen MR) is 150 cm³/mol. The number of hydrogen-bond acceptors (Lipinski definition) is 5. The van der Waals surface area contributed by atoms with Crippen LogP contribution in [-0.4, -0.2) is 34.7 Å². The lowest BCUT2D eigenvalue weighted by molar-refractivity contribution is 0.234. The number of unbranched alkanes of at least 4 members (excludes halogenated alkanes) is 1. The molecule has 1 aromatic carbocycles. The van der Waals surface area contributed by atoms with Crippen LogP contribution in [0.5, 0.6) is 0 Å². The molecule has 4 aromatic rings. The highest BCUT2D eigenvalue weighted by Crippen LogP contribution is 2.37. The van der Waals surface area contributed by atoms with E-state index >= 15 is 0 Å². The molecule has 2 atom stereocenters. The summed E-state index contributed by atoms with van der Waals surface area (Å²) in [7, 11) is 0. The zero-order valence-electron chi connectivity index (χ0n) is 22.8. The molecule has 0 bridgehead atoms. The van der Waals surface area contributed by atoms with Crippen molar-refractivity contribution in [1.82, 2.24) is 34.7 Å². The number of aromatic nitrogens is 7. The van der Waals surface area contributed by atoms with Crippen molar-refractivity contribution in [3.05, 3.63) is 70.5 Å². The number of pyridine rings is 1. The van der Waals surface area contributed by atoms with Crippen molar-refractivity contribution in [1.29, 1.82) is 0 Å². The summed E-state index contributed by atoms with van der Waals surface area (Å²) in [6.07, 6.45) is 13.2. The van der Waals surface area contributed by atoms with Gasteiger partial charge in [-0.05, 0) is 59.6 Å². The van der Waals surface area contributed by atoms with E-state index in [9.17, 15) is 4.79 Å². The summed E-state index contributed by atoms with van der Waals surface area (Å²) in [4.78, 5) is 18.7. The van der Waals surface area contributed by atoms with E-state index in [-0.39, 0.29) is 11.7 Å². The number of aryl methyl sites for hydroxylation is 1. The third-order valence-corrected chi connectivity index (χ3v) is 8.09. The molecule has 1 aliphatic carbocycles. The number of rotatable bonds is 9. The molecule has 2 unspecified atom stereocenters. The minimum Gasteiger partial charge on any atom is -0.296 e. The number of imidazole rings is 1. The molecule has 200 valence electrons. The van der Waals surface area contributed by atoms with Gasteiger partial charge in [0.15, 0.2) is 5.82 Å². The van der Waals surface area contributed by atoms with Crippen molar-refractivity contribution in [2.75, 3.05) is 0 Å². The van der Waals surface area contributed by atoms with E-state index in [0.29, 0.717) is 24.2 Å². The van der Waals surface area contributed by atoms with Crippen LogP contribution in [0.2, 0.25) is 0 Å². The number of H-pyrrole nitrogens is 1. The summed E-state index contributed by atoms with van der Waals surface area (Å²) in [6, 6.07) is 12.3. The summed E-state index contributed by atoms with van der Waals surface area (Å²) in [6.45, 7) is 7.36. The highest BCUT2D eigenvalue weighted by Gasteiger charge is 2.30. The summed E-state index contributed by atoms with van der Waals surface area (Å²) >= 11 is 0. The molecule has 0 amide bonds. The van der Waals surface area contributed by atoms with E-state index in [2.05, 4.69) is 58.2 Å². The maximum absolute atomic E-state index is 13.9. The third-order valence-electron chi connectivity index (χ3n) is 8.09. The zero-order valence-corrected chi connectivity index (χ0v) is 22.8. The van der Waals surface area contributed by atoms with Crippen molar-refractivity contribution in [3.63, 3.8) is 0 Å². The van der Waals surface area contributed by atoms with E-state index in [1.807, 2.05) is 41.1 Å². The van der Waals surface area contributed by atoms with Crippen LogP contribution >= 0.6 is 0 Å². The lowest BCUT2D eigenvalue weighted by Crippen LogP contribution is -2.32. The maximum Gasteiger partial charge on any atom is 0.328 e. The molecule has 1 N–H and O–H groups in total. The van der Waals surface area contributed by atoms with Crippen molar-refractivity contribution >= 4 is 0 Å². The fourth-order valence-corrected chi connectivity index (χ4v) is 6.00. The second-order valence-corrected chi connectivity index (χ2v) is 11.0. The summed E-state index contributed by atoms with van der Waals surface area (Å²) < 4.78 is 4.08. The third kappa shape index (κ3) is 5.49. The van der Waals surface area contributed by atoms with Crippen LogP contribution in [0, 0.1) is 11.8 Å². The van der Waals surface area contributed by atoms with Gasteiger partial charge in [-0.25, -0.2) is 9.89 Å². The lowest BCUT2D eigenvalue weighted by Gasteiger charge is -2.29. The first-order valence-corrected chi connectivity index (χ1v) is 14.2. The van der Waals surface area contributed by atoms with E-state index < -0.39 is 0 Å². The average Bonchev–Trinajstić information content (AvgIpc) is 3.49. The summed E-state index contributed by atoms with van der Waals surface area (Å²) in [5, 5.41) is 14.3. The average molecular weight is 514 g/mol. The van der Waals surface area contributed by atoms with Crippen LogP contribution in [0.1, 0.15) is 83.0 Å². The Balaban J connectivity index is 1.45. The number of nitrogens with zero attached hydrogens (tertiary/aromatic N) is 6. The second-order valence-electron chi connectivity index (χ2n) is 11.0. The molecule has 0 aliphatic heterocycles. The molecule has 0 spiro atoms. The largest absolute Gasteiger partial charge is 0.328 e. The molecule has 1 fully saturated rings. The van der Waals surface area contributed by atoms with E-state index in [0.717, 1.165) is 53.8 Å². The maximum atomic E-state index is 13.9. The topological polar surface area (TPSA) is 94.3 Å². The first-order valence-electron chi connectivity index (χ1n) is 14.2. The van der Waals surface area contributed by atoms with Gasteiger partial charge in [0.1, 0.15) is 0 Å². The molecule has 8 nitrogen and oxygen atoms in total. The Morgan fingerprint density at radius 3 is 2.58 bits per heavy atom. The van der Waals surface area contributed by atoms with Crippen molar-refractivity contribution < 1.29 is 0 Å². The van der Waals surface area contributed by atoms with Gasteiger partial charge in [0, 0.05) is 35.3 Å². The SMILES string of the molecule is CCCCc1cn(C2CCCCCC2C(C)C)c(=O)n1Cc1ccc(-c2ccccc2-c2nnn[nH]2)nc1. The molecule has 1 saturated carbocycles. The van der Waals surface area contributed by atoms with Crippen LogP contribution in [-0.2, 0) is 13.0 Å². The van der Waals surface area contributed by atoms with Crippen LogP contribution in [0.3, 0.4) is 0 Å². The van der Waals surface area contributed by atoms with Crippen LogP contribution in [0.25, 0.3) is 22.6 Å². The first-order chi connectivity index (χ1) is 18.6. The Kier molecular flexibility index (Phi) is 8.15. The summed E-state index contributed by atoms with van der Waals surface area (Å²) in [5.74, 6) is 1.73. The van der Waals surface area contributed by atoms with Gasteiger partial charge in [-0.1, -0.05) is 76.8 Å². The van der Waals surface area contributed by atoms with Crippen LogP contribution < -0.4 is 5.69 Å². The first kappa shape index (κ1) is 26.1. The summed E-state index contributed by atoms with van der Waals surface area (Å²) in [5.41, 5.74) is 4.98. The van der Waals surface area contributed by atoms with E-state index in [4.69, 9.17) is 4.98 Å². The van der Waals surface area contributed by atoms with Crippen molar-refractivity contribution in [2.24, 2.45) is 11.8 Å². The van der Waals surface area contributed by atoms with Crippen LogP contribution in [0.15, 0.2) is 53.6 Å². The molecular weight excluding hydrogens is 474 g/mol. The fraction of sp³-hybridized carbons (Fsp3) is 0.500. The Morgan fingerprint density at radius 2 is 1.87 bits per heavy atom. The molecule has 3 heterocycles. The Hall–Kier alpha value is -3.55. The predicted octanol–water partition coefficient (Wildman–Crippen LogP) is 6.06. The molecule has 3 aromatic heterocycles. The van der Waals surface area contributed by atoms with Gasteiger partial charge in [0.05, 0.1) is 12.2 Å². The van der Waals surface area contributed by atoms with Gasteiger partial charge in [-0.15, -0.1) is 5.10 Å². The highest BCUT2D eigenvalue weighted by atomic mass is 16.1. The number of nitrogens with one attached hydrogen (secondary N) is 1. The van der Waals surface area contributed by atoms with Crippen molar-refractivity contribution in [3.8, 4) is 22.6 Å². The standard InChI is InChI=1S/C30H39N7O/c1-4-5-11-23-20-37(28-15-8-6-7-12-24(28)21(2)3)30(38)36(23)19-22-16-17-27(31-18-22)25-13-9-10-14-26(25)29-32-34-35-33-29/h9-10,13-14,16-18,20-21,24,28H,4-8,11-12,15,19H2,1-3H3,(H,32,33,34,35). The Labute approximate surface area is 224 Å². The Morgan fingerprint density at radius 1 is 1.05 bits per heavy atom. The van der Waals surface area contributed by atoms with Gasteiger partial charge in [-0.3, -0.25) is 14.1 Å². The number of tetrazole rings is 1. The second kappa shape index (κ2) is 11.9. The van der Waals surface area contributed by atoms with Gasteiger partial charge >= 0.3 is 5.69 Å². The quantitative estimate of drug-likeness (QED) is 0.275. The molecule has 38 heavy (non-hydrogen) atoms. The molecular formula is C30H39N7O. The molecule has 5 rings (SSSR count). The van der Waals surface area contributed by atoms with Gasteiger partial charge in [-0.2, -0.15) is 0 Å². The molecule has 0 radical (unpaired) electrons. The van der Waals surface area contributed by atoms with Crippen LogP contribution in [0.4, 0.5) is 0 Å². The van der Waals surface area contributed by atoms with Gasteiger partial charge in [0.2, 0.25) is 0 Å². The minimum atomic E-state index is 0.126. The number of benzene rings is 1. The van der Waals surface area contributed by atoms with E-state index in [1.165, 1.54) is 25.7 Å². The molecule has 8 heteroatoms. The van der Waals surface area contributed by atoms with E-state index in [1.54, 1.807) is 0 Å². The number of hydrogen-bond donors (Lipinski definition) is 1. The smallest absolute Gasteiger partial charge is 0.296 e. The highest BCUT2D eigenvalue weighted by molar-refractivity contribution is 5.78. The van der Waals surface area contributed by atoms with Crippen molar-refractivity contribution in [2.45, 2.75) is 84.7 Å². The number of aromatic amines is 1. The minimum absolute atomic E-state index is 0.126. The molecule has 1 aliphatic rings. The monoisotopic (exact) mass is 513 g/mol. The van der Waals surface area contributed by atoms with Gasteiger partial charge < -0.3 is 0 Å².